The summed E-state index contributed by atoms with van der Waals surface area (Å²) in [6.07, 6.45) is -2.87. The molecule has 0 aliphatic heterocycles. The Morgan fingerprint density at radius 3 is 2.67 bits per heavy atom. The van der Waals surface area contributed by atoms with Crippen LogP contribution >= 0.6 is 11.3 Å². The minimum atomic E-state index is -4.73. The Hall–Kier alpha value is -2.75. The highest BCUT2D eigenvalue weighted by molar-refractivity contribution is 7.13. The highest BCUT2D eigenvalue weighted by Gasteiger charge is 2.37. The maximum Gasteiger partial charge on any atom is 0.434 e. The summed E-state index contributed by atoms with van der Waals surface area (Å²) in [5.41, 5.74) is 5.45. The van der Waals surface area contributed by atoms with Gasteiger partial charge in [-0.1, -0.05) is 6.92 Å². The molecular weight excluding hydrogens is 384 g/mol. The minimum absolute atomic E-state index is 0.0274. The Kier molecular flexibility index (Phi) is 5.01. The molecule has 0 atom stereocenters. The number of nitrogens with zero attached hydrogens (tertiary/aromatic N) is 2. The van der Waals surface area contributed by atoms with Crippen molar-refractivity contribution in [1.82, 2.24) is 15.3 Å². The zero-order valence-corrected chi connectivity index (χ0v) is 14.8. The summed E-state index contributed by atoms with van der Waals surface area (Å²) in [6.45, 7) is 2.29. The molecule has 0 unspecified atom stereocenters. The zero-order valence-electron chi connectivity index (χ0n) is 14.0. The van der Waals surface area contributed by atoms with Gasteiger partial charge in [-0.25, -0.2) is 14.4 Å². The predicted molar refractivity (Wildman–Crippen MR) is 94.8 cm³/mol. The van der Waals surface area contributed by atoms with Crippen molar-refractivity contribution in [1.29, 1.82) is 0 Å². The number of amides is 1. The fourth-order valence-corrected chi connectivity index (χ4v) is 3.52. The lowest BCUT2D eigenvalue weighted by Crippen LogP contribution is -2.26. The maximum absolute atomic E-state index is 14.5. The van der Waals surface area contributed by atoms with Crippen molar-refractivity contribution in [3.63, 3.8) is 0 Å². The van der Waals surface area contributed by atoms with Crippen molar-refractivity contribution in [2.45, 2.75) is 19.5 Å². The van der Waals surface area contributed by atoms with Crippen molar-refractivity contribution in [2.75, 3.05) is 12.3 Å². The Morgan fingerprint density at radius 1 is 1.26 bits per heavy atom. The van der Waals surface area contributed by atoms with Gasteiger partial charge < -0.3 is 11.1 Å². The van der Waals surface area contributed by atoms with Crippen LogP contribution in [0.2, 0.25) is 0 Å². The average molecular weight is 398 g/mol. The first-order chi connectivity index (χ1) is 12.8. The summed E-state index contributed by atoms with van der Waals surface area (Å²) in [7, 11) is 0. The normalized spacial score (nSPS) is 11.7. The average Bonchev–Trinajstić information content (AvgIpc) is 3.09. The predicted octanol–water partition coefficient (Wildman–Crippen LogP) is 4.24. The van der Waals surface area contributed by atoms with E-state index in [1.54, 1.807) is 0 Å². The third-order valence-electron chi connectivity index (χ3n) is 3.88. The lowest BCUT2D eigenvalue weighted by atomic mass is 10.0. The van der Waals surface area contributed by atoms with Gasteiger partial charge in [0.05, 0.1) is 16.1 Å². The number of hydrogen-bond donors (Lipinski definition) is 2. The number of pyridine rings is 1. The zero-order chi connectivity index (χ0) is 19.8. The Bertz CT molecular complexity index is 1020. The summed E-state index contributed by atoms with van der Waals surface area (Å²) in [5.74, 6) is -1.36. The van der Waals surface area contributed by atoms with Crippen LogP contribution in [-0.2, 0) is 6.18 Å². The van der Waals surface area contributed by atoms with Crippen molar-refractivity contribution in [3.05, 3.63) is 41.0 Å². The molecule has 2 aromatic heterocycles. The van der Waals surface area contributed by atoms with Gasteiger partial charge in [-0.3, -0.25) is 4.79 Å². The lowest BCUT2D eigenvalue weighted by molar-refractivity contribution is -0.140. The molecule has 2 heterocycles. The van der Waals surface area contributed by atoms with Gasteiger partial charge in [0.25, 0.3) is 5.91 Å². The monoisotopic (exact) mass is 398 g/mol. The van der Waals surface area contributed by atoms with Crippen LogP contribution in [0.4, 0.5) is 23.2 Å². The number of anilines is 1. The van der Waals surface area contributed by atoms with E-state index >= 15 is 0 Å². The van der Waals surface area contributed by atoms with E-state index in [-0.39, 0.29) is 32.6 Å². The molecule has 1 amide bonds. The number of carbonyl (C=O) groups excluding carboxylic acids is 1. The molecule has 5 nitrogen and oxygen atoms in total. The van der Waals surface area contributed by atoms with Gasteiger partial charge >= 0.3 is 6.18 Å². The number of nitrogen functional groups attached to an aromatic ring is 1. The van der Waals surface area contributed by atoms with Gasteiger partial charge in [0.2, 0.25) is 0 Å². The van der Waals surface area contributed by atoms with Crippen LogP contribution in [0.3, 0.4) is 0 Å². The summed E-state index contributed by atoms with van der Waals surface area (Å²) >= 11 is 0.667. The number of rotatable bonds is 4. The molecule has 0 aliphatic rings. The SMILES string of the molecule is CCCNC(=O)c1ncc2c(-c3scnc3C(F)(F)F)c(F)ccc2c1N. The van der Waals surface area contributed by atoms with Crippen LogP contribution < -0.4 is 11.1 Å². The third kappa shape index (κ3) is 3.44. The van der Waals surface area contributed by atoms with Crippen LogP contribution in [-0.4, -0.2) is 22.4 Å². The van der Waals surface area contributed by atoms with Gasteiger partial charge in [-0.15, -0.1) is 11.3 Å². The second kappa shape index (κ2) is 7.10. The van der Waals surface area contributed by atoms with E-state index in [0.29, 0.717) is 24.3 Å². The molecule has 0 fully saturated rings. The van der Waals surface area contributed by atoms with E-state index in [1.807, 2.05) is 6.92 Å². The molecule has 0 saturated carbocycles. The third-order valence-corrected chi connectivity index (χ3v) is 4.72. The number of aromatic nitrogens is 2. The van der Waals surface area contributed by atoms with Crippen LogP contribution in [0.5, 0.6) is 0 Å². The fraction of sp³-hybridized carbons (Fsp3) is 0.235. The van der Waals surface area contributed by atoms with Gasteiger partial charge in [-0.05, 0) is 18.6 Å². The summed E-state index contributed by atoms with van der Waals surface area (Å²) in [4.78, 5) is 19.1. The second-order valence-corrected chi connectivity index (χ2v) is 6.54. The molecule has 0 saturated heterocycles. The van der Waals surface area contributed by atoms with Gasteiger partial charge in [0.1, 0.15) is 5.82 Å². The number of carbonyl (C=O) groups is 1. The van der Waals surface area contributed by atoms with E-state index < -0.39 is 23.6 Å². The molecule has 0 bridgehead atoms. The molecule has 0 spiro atoms. The Labute approximate surface area is 155 Å². The van der Waals surface area contributed by atoms with Crippen LogP contribution in [0.25, 0.3) is 21.2 Å². The number of thiazole rings is 1. The molecule has 3 rings (SSSR count). The Morgan fingerprint density at radius 2 is 2.00 bits per heavy atom. The molecule has 10 heteroatoms. The molecule has 3 N–H and O–H groups in total. The first-order valence-electron chi connectivity index (χ1n) is 7.91. The molecule has 0 aliphatic carbocycles. The smallest absolute Gasteiger partial charge is 0.396 e. The number of alkyl halides is 3. The topological polar surface area (TPSA) is 80.9 Å². The number of benzene rings is 1. The summed E-state index contributed by atoms with van der Waals surface area (Å²) in [5, 5.41) is 2.94. The lowest BCUT2D eigenvalue weighted by Gasteiger charge is -2.13. The van der Waals surface area contributed by atoms with Gasteiger partial charge in [0.15, 0.2) is 11.4 Å². The number of fused-ring (bicyclic) bond motifs is 1. The van der Waals surface area contributed by atoms with Crippen molar-refractivity contribution >= 4 is 33.7 Å². The van der Waals surface area contributed by atoms with E-state index in [9.17, 15) is 22.4 Å². The molecule has 0 radical (unpaired) electrons. The molecule has 27 heavy (non-hydrogen) atoms. The van der Waals surface area contributed by atoms with E-state index in [1.165, 1.54) is 6.07 Å². The largest absolute Gasteiger partial charge is 0.434 e. The van der Waals surface area contributed by atoms with E-state index in [4.69, 9.17) is 5.73 Å². The maximum atomic E-state index is 14.5. The summed E-state index contributed by atoms with van der Waals surface area (Å²) in [6, 6.07) is 2.33. The summed E-state index contributed by atoms with van der Waals surface area (Å²) < 4.78 is 54.1. The quantitative estimate of drug-likeness (QED) is 0.644. The molecule has 142 valence electrons. The number of hydrogen-bond acceptors (Lipinski definition) is 5. The molecule has 1 aromatic carbocycles. The number of halogens is 4. The van der Waals surface area contributed by atoms with Crippen molar-refractivity contribution in [3.8, 4) is 10.4 Å². The van der Waals surface area contributed by atoms with Crippen LogP contribution in [0.1, 0.15) is 29.5 Å². The molecular formula is C17H14F4N4OS. The van der Waals surface area contributed by atoms with Crippen LogP contribution in [0, 0.1) is 5.82 Å². The fourth-order valence-electron chi connectivity index (χ4n) is 2.65. The first-order valence-corrected chi connectivity index (χ1v) is 8.79. The number of nitrogens with two attached hydrogens (primary N) is 1. The second-order valence-electron chi connectivity index (χ2n) is 5.69. The first kappa shape index (κ1) is 19.0. The Balaban J connectivity index is 2.22. The standard InChI is InChI=1S/C17H14F4N4OS/c1-2-5-23-16(26)13-12(22)8-3-4-10(18)11(9(8)6-24-13)14-15(17(19,20)21)25-7-27-14/h3-4,6-7H,2,5,22H2,1H3,(H,23,26). The number of nitrogens with one attached hydrogen (secondary N) is 1. The van der Waals surface area contributed by atoms with Crippen molar-refractivity contribution in [2.24, 2.45) is 0 Å². The van der Waals surface area contributed by atoms with Crippen molar-refractivity contribution < 1.29 is 22.4 Å². The van der Waals surface area contributed by atoms with Gasteiger partial charge in [0, 0.05) is 29.1 Å². The van der Waals surface area contributed by atoms with E-state index in [0.717, 1.165) is 17.8 Å². The molecule has 3 aromatic rings. The van der Waals surface area contributed by atoms with Gasteiger partial charge in [-0.2, -0.15) is 13.2 Å². The van der Waals surface area contributed by atoms with E-state index in [2.05, 4.69) is 15.3 Å². The minimum Gasteiger partial charge on any atom is -0.396 e. The highest BCUT2D eigenvalue weighted by atomic mass is 32.1. The highest BCUT2D eigenvalue weighted by Crippen LogP contribution is 2.43. The van der Waals surface area contributed by atoms with Crippen LogP contribution in [0.15, 0.2) is 23.8 Å².